The lowest BCUT2D eigenvalue weighted by Gasteiger charge is -2.23. The van der Waals surface area contributed by atoms with Gasteiger partial charge in [-0.15, -0.1) is 0 Å². The van der Waals surface area contributed by atoms with Crippen LogP contribution in [-0.2, 0) is 60.1 Å². The highest BCUT2D eigenvalue weighted by Gasteiger charge is 2.17. The molecule has 0 amide bonds. The van der Waals surface area contributed by atoms with Crippen molar-refractivity contribution in [3.8, 4) is 0 Å². The molecular weight excluding hydrogens is 1070 g/mol. The summed E-state index contributed by atoms with van der Waals surface area (Å²) in [6.45, 7) is 13.7. The first-order valence-corrected chi connectivity index (χ1v) is 30.8. The predicted octanol–water partition coefficient (Wildman–Crippen LogP) is 6.62. The lowest BCUT2D eigenvalue weighted by atomic mass is 10.2. The Morgan fingerprint density at radius 1 is 0.359 bits per heavy atom. The Balaban J connectivity index is 0.000000380. The van der Waals surface area contributed by atoms with E-state index in [9.17, 15) is 25.3 Å². The summed E-state index contributed by atoms with van der Waals surface area (Å²) in [5.41, 5.74) is 6.28. The van der Waals surface area contributed by atoms with Gasteiger partial charge in [0.25, 0.3) is 0 Å². The van der Waals surface area contributed by atoms with Crippen molar-refractivity contribution in [3.63, 3.8) is 0 Å². The molecule has 0 unspecified atom stereocenters. The Hall–Kier alpha value is -5.80. The summed E-state index contributed by atoms with van der Waals surface area (Å²) in [5.74, 6) is 0. The highest BCUT2D eigenvalue weighted by atomic mass is 32.3. The molecule has 8 N–H and O–H groups in total. The van der Waals surface area contributed by atoms with E-state index in [1.165, 1.54) is 0 Å². The molecule has 0 saturated heterocycles. The quantitative estimate of drug-likeness (QED) is 0.0199. The lowest BCUT2D eigenvalue weighted by molar-refractivity contribution is 0.380. The van der Waals surface area contributed by atoms with Crippen LogP contribution in [0.5, 0.6) is 0 Å². The maximum atomic E-state index is 12.3. The fraction of sp³-hybridized carbons (Fsp3) is 0.345. The zero-order valence-corrected chi connectivity index (χ0v) is 48.0. The molecular formula is C55H81N9O10S4. The van der Waals surface area contributed by atoms with Crippen LogP contribution in [0.25, 0.3) is 0 Å². The topological polar surface area (TPSA) is 259 Å². The smallest absolute Gasteiger partial charge is 0.367 e. The van der Waals surface area contributed by atoms with Crippen molar-refractivity contribution in [2.45, 2.75) is 62.5 Å². The van der Waals surface area contributed by atoms with Gasteiger partial charge in [-0.1, -0.05) is 98.4 Å². The normalized spacial score (nSPS) is 11.3. The maximum absolute atomic E-state index is 12.3. The second kappa shape index (κ2) is 35.7. The largest absolute Gasteiger partial charge is 0.394 e. The number of nitrogens with zero attached hydrogens (tertiary/aromatic N) is 3. The first-order chi connectivity index (χ1) is 36.7. The molecule has 430 valence electrons. The summed E-state index contributed by atoms with van der Waals surface area (Å²) in [7, 11) is -9.71. The van der Waals surface area contributed by atoms with Gasteiger partial charge in [0.15, 0.2) is 0 Å². The highest BCUT2D eigenvalue weighted by Crippen LogP contribution is 2.22. The molecule has 0 aliphatic heterocycles. The number of rotatable bonds is 27. The number of para-hydroxylation sites is 3. The van der Waals surface area contributed by atoms with Crippen LogP contribution in [0.15, 0.2) is 178 Å². The van der Waals surface area contributed by atoms with E-state index in [4.69, 9.17) is 17.5 Å². The van der Waals surface area contributed by atoms with Crippen LogP contribution in [0, 0.1) is 0 Å². The van der Waals surface area contributed by atoms with Gasteiger partial charge in [-0.05, 0) is 131 Å². The number of hydrogen-bond acceptors (Lipinski definition) is 14. The molecule has 0 radical (unpaired) electrons. The summed E-state index contributed by atoms with van der Waals surface area (Å²) in [5, 5.41) is 8.76. The molecule has 6 aromatic carbocycles. The minimum Gasteiger partial charge on any atom is -0.367 e. The number of benzene rings is 6. The van der Waals surface area contributed by atoms with E-state index >= 15 is 0 Å². The van der Waals surface area contributed by atoms with Gasteiger partial charge < -0.3 is 30.7 Å². The molecule has 0 saturated carbocycles. The van der Waals surface area contributed by atoms with Gasteiger partial charge >= 0.3 is 10.4 Å². The molecule has 23 heteroatoms. The van der Waals surface area contributed by atoms with Gasteiger partial charge in [0.1, 0.15) is 0 Å². The van der Waals surface area contributed by atoms with Gasteiger partial charge in [-0.25, -0.2) is 39.4 Å². The van der Waals surface area contributed by atoms with E-state index in [0.29, 0.717) is 73.6 Å². The molecule has 0 spiro atoms. The number of anilines is 3. The maximum Gasteiger partial charge on any atom is 0.394 e. The summed E-state index contributed by atoms with van der Waals surface area (Å²) >= 11 is 0. The minimum absolute atomic E-state index is 0. The Morgan fingerprint density at radius 2 is 0.590 bits per heavy atom. The Kier molecular flexibility index (Phi) is 31.2. The Bertz CT molecular complexity index is 2760. The molecule has 78 heavy (non-hydrogen) atoms. The van der Waals surface area contributed by atoms with Crippen molar-refractivity contribution in [2.24, 2.45) is 0 Å². The van der Waals surface area contributed by atoms with Crippen molar-refractivity contribution < 1.29 is 42.8 Å². The van der Waals surface area contributed by atoms with Crippen LogP contribution >= 0.6 is 0 Å². The molecule has 6 aromatic rings. The molecule has 0 atom stereocenters. The standard InChI is InChI=1S/3C18H25N3O2S.CH4.H2O4S/c3*1-3-21(17-9-5-4-6-10-17)15-16-8-7-11-18(14-16)24(22,23)20-13-12-19-2;;1-5(2,3)4/h3*4-11,14,19-20H,3,12-13,15H2,1-2H3;1H4;(H2,1,2,3,4). The van der Waals surface area contributed by atoms with Gasteiger partial charge in [0.2, 0.25) is 30.1 Å². The first-order valence-electron chi connectivity index (χ1n) is 25.0. The first kappa shape index (κ1) is 68.3. The number of hydrogen-bond donors (Lipinski definition) is 8. The van der Waals surface area contributed by atoms with Gasteiger partial charge in [-0.2, -0.15) is 8.42 Å². The average molecular weight is 1160 g/mol. The van der Waals surface area contributed by atoms with Crippen molar-refractivity contribution in [1.82, 2.24) is 30.1 Å². The molecule has 0 heterocycles. The second-order valence-corrected chi connectivity index (χ2v) is 23.1. The van der Waals surface area contributed by atoms with E-state index in [0.717, 1.165) is 53.4 Å². The molecule has 0 fully saturated rings. The van der Waals surface area contributed by atoms with Crippen LogP contribution in [0.4, 0.5) is 17.1 Å². The molecule has 6 rings (SSSR count). The van der Waals surface area contributed by atoms with E-state index in [-0.39, 0.29) is 7.43 Å². The van der Waals surface area contributed by atoms with Crippen LogP contribution < -0.4 is 44.8 Å². The van der Waals surface area contributed by atoms with Crippen molar-refractivity contribution in [2.75, 3.05) is 94.7 Å². The van der Waals surface area contributed by atoms with Crippen LogP contribution in [0.3, 0.4) is 0 Å². The van der Waals surface area contributed by atoms with Crippen molar-refractivity contribution >= 4 is 57.5 Å². The molecule has 0 aromatic heterocycles. The highest BCUT2D eigenvalue weighted by molar-refractivity contribution is 7.90. The summed E-state index contributed by atoms with van der Waals surface area (Å²) in [4.78, 5) is 7.54. The third kappa shape index (κ3) is 25.8. The number of sulfonamides is 3. The summed E-state index contributed by atoms with van der Waals surface area (Å²) < 4.78 is 113. The summed E-state index contributed by atoms with van der Waals surface area (Å²) in [6, 6.07) is 51.7. The lowest BCUT2D eigenvalue weighted by Crippen LogP contribution is -2.30. The van der Waals surface area contributed by atoms with Crippen molar-refractivity contribution in [1.29, 1.82) is 0 Å². The van der Waals surface area contributed by atoms with Gasteiger partial charge in [0.05, 0.1) is 14.7 Å². The van der Waals surface area contributed by atoms with E-state index in [2.05, 4.69) is 102 Å². The SMILES string of the molecule is C.CCN(Cc1cccc(S(=O)(=O)NCCNC)c1)c1ccccc1.CCN(Cc1cccc(S(=O)(=O)NCCNC)c1)c1ccccc1.CCN(Cc1cccc(S(=O)(=O)NCCNC)c1)c1ccccc1.O=S(=O)(O)O. The molecule has 0 bridgehead atoms. The average Bonchev–Trinajstić information content (AvgIpc) is 3.42. The van der Waals surface area contributed by atoms with Crippen LogP contribution in [-0.4, -0.2) is 123 Å². The summed E-state index contributed by atoms with van der Waals surface area (Å²) in [6.07, 6.45) is 0. The van der Waals surface area contributed by atoms with E-state index in [1.807, 2.05) is 72.8 Å². The third-order valence-electron chi connectivity index (χ3n) is 11.3. The fourth-order valence-electron chi connectivity index (χ4n) is 7.35. The zero-order valence-electron chi connectivity index (χ0n) is 44.7. The van der Waals surface area contributed by atoms with Gasteiger partial charge in [-0.3, -0.25) is 9.11 Å². The Morgan fingerprint density at radius 3 is 0.795 bits per heavy atom. The molecule has 19 nitrogen and oxygen atoms in total. The van der Waals surface area contributed by atoms with E-state index in [1.54, 1.807) is 75.7 Å². The second-order valence-electron chi connectivity index (χ2n) is 16.9. The van der Waals surface area contributed by atoms with Crippen molar-refractivity contribution in [3.05, 3.63) is 180 Å². The van der Waals surface area contributed by atoms with Crippen LogP contribution in [0.2, 0.25) is 0 Å². The zero-order chi connectivity index (χ0) is 56.7. The molecule has 0 aliphatic rings. The third-order valence-corrected chi connectivity index (χ3v) is 15.6. The monoisotopic (exact) mass is 1160 g/mol. The number of likely N-dealkylation sites (N-methyl/N-ethyl adjacent to an activating group) is 3. The fourth-order valence-corrected chi connectivity index (χ4v) is 10.7. The Labute approximate surface area is 465 Å². The predicted molar refractivity (Wildman–Crippen MR) is 317 cm³/mol. The van der Waals surface area contributed by atoms with Gasteiger partial charge in [0, 0.05) is 95.6 Å². The number of nitrogens with one attached hydrogen (secondary N) is 6. The van der Waals surface area contributed by atoms with Crippen LogP contribution in [0.1, 0.15) is 44.9 Å². The minimum atomic E-state index is -4.67. The van der Waals surface area contributed by atoms with E-state index < -0.39 is 40.5 Å². The molecule has 0 aliphatic carbocycles.